The van der Waals surface area contributed by atoms with E-state index in [9.17, 15) is 0 Å². The molecule has 0 saturated heterocycles. The Balaban J connectivity index is 0. The van der Waals surface area contributed by atoms with E-state index in [1.54, 1.807) is 0 Å². The van der Waals surface area contributed by atoms with E-state index in [4.69, 9.17) is 13.3 Å². The summed E-state index contributed by atoms with van der Waals surface area (Å²) in [5.74, 6) is 0. The fourth-order valence-corrected chi connectivity index (χ4v) is 2.29. The van der Waals surface area contributed by atoms with Crippen molar-refractivity contribution in [2.75, 3.05) is 0 Å². The third-order valence-electron chi connectivity index (χ3n) is 1.15. The predicted molar refractivity (Wildman–Crippen MR) is 58.3 cm³/mol. The van der Waals surface area contributed by atoms with Crippen LogP contribution in [0.25, 0.3) is 0 Å². The molecule has 0 rings (SSSR count). The largest absolute Gasteiger partial charge is 0.484 e. The van der Waals surface area contributed by atoms with Gasteiger partial charge in [-0.1, -0.05) is 0 Å². The van der Waals surface area contributed by atoms with E-state index in [1.807, 2.05) is 41.5 Å². The number of hydrogen-bond donors (Lipinski definition) is 0. The van der Waals surface area contributed by atoms with Crippen LogP contribution in [0.5, 0.6) is 0 Å². The molecule has 0 aliphatic rings. The molecule has 5 heteroatoms. The fraction of sp³-hybridized carbons (Fsp3) is 1.00. The molecule has 0 aliphatic carbocycles. The highest BCUT2D eigenvalue weighted by molar-refractivity contribution is 6.36. The van der Waals surface area contributed by atoms with Crippen molar-refractivity contribution in [2.24, 2.45) is 0 Å². The number of rotatable bonds is 6. The normalized spacial score (nSPS) is 11.6. The quantitative estimate of drug-likeness (QED) is 0.649. The second-order valence-electron chi connectivity index (χ2n) is 3.84. The van der Waals surface area contributed by atoms with Gasteiger partial charge in [-0.15, -0.1) is 0 Å². The van der Waals surface area contributed by atoms with Gasteiger partial charge < -0.3 is 13.3 Å². The van der Waals surface area contributed by atoms with Gasteiger partial charge in [-0.05, 0) is 41.5 Å². The Labute approximate surface area is 88.1 Å². The Morgan fingerprint density at radius 1 is 0.643 bits per heavy atom. The highest BCUT2D eigenvalue weighted by atomic mass is 28.3. The second-order valence-corrected chi connectivity index (χ2v) is 5.24. The average Bonchev–Trinajstić information content (AvgIpc) is 1.80. The number of hydrogen-bond acceptors (Lipinski definition) is 3. The van der Waals surface area contributed by atoms with Crippen LogP contribution in [-0.4, -0.2) is 27.8 Å². The molecule has 0 bridgehead atoms. The van der Waals surface area contributed by atoms with Gasteiger partial charge in [0, 0.05) is 18.3 Å². The Hall–Kier alpha value is 0.0269. The first kappa shape index (κ1) is 16.5. The van der Waals surface area contributed by atoms with Crippen LogP contribution >= 0.6 is 0 Å². The SMILES string of the molecule is CC(C)O[SiH](OC(C)C)OC(C)C.F. The minimum absolute atomic E-state index is 0. The average molecular weight is 226 g/mol. The minimum Gasteiger partial charge on any atom is -0.373 e. The summed E-state index contributed by atoms with van der Waals surface area (Å²) in [7, 11) is -1.91. The standard InChI is InChI=1S/C9H22O3Si.FH/c1-7(2)10-13(11-8(3)4)12-9(5)6;/h7-9,13H,1-6H3;1H. The molecule has 88 valence electrons. The summed E-state index contributed by atoms with van der Waals surface area (Å²) in [6, 6.07) is 0. The first-order valence-electron chi connectivity index (χ1n) is 4.88. The molecule has 0 unspecified atom stereocenters. The topological polar surface area (TPSA) is 27.7 Å². The van der Waals surface area contributed by atoms with Gasteiger partial charge in [0.15, 0.2) is 0 Å². The van der Waals surface area contributed by atoms with Crippen molar-refractivity contribution < 1.29 is 18.0 Å². The molecule has 14 heavy (non-hydrogen) atoms. The monoisotopic (exact) mass is 226 g/mol. The molecule has 3 nitrogen and oxygen atoms in total. The van der Waals surface area contributed by atoms with Crippen LogP contribution in [0.1, 0.15) is 41.5 Å². The van der Waals surface area contributed by atoms with Gasteiger partial charge in [-0.2, -0.15) is 0 Å². The maximum Gasteiger partial charge on any atom is 0.484 e. The van der Waals surface area contributed by atoms with Crippen LogP contribution < -0.4 is 0 Å². The number of halogens is 1. The van der Waals surface area contributed by atoms with Gasteiger partial charge in [-0.25, -0.2) is 0 Å². The van der Waals surface area contributed by atoms with Gasteiger partial charge in [0.1, 0.15) is 0 Å². The van der Waals surface area contributed by atoms with E-state index in [-0.39, 0.29) is 23.0 Å². The molecule has 0 saturated carbocycles. The first-order chi connectivity index (χ1) is 5.91. The van der Waals surface area contributed by atoms with Gasteiger partial charge in [0.2, 0.25) is 0 Å². The molecule has 0 amide bonds. The molecule has 0 radical (unpaired) electrons. The van der Waals surface area contributed by atoms with Crippen LogP contribution in [0.4, 0.5) is 4.70 Å². The van der Waals surface area contributed by atoms with Crippen LogP contribution in [0.3, 0.4) is 0 Å². The van der Waals surface area contributed by atoms with Gasteiger partial charge in [-0.3, -0.25) is 4.70 Å². The van der Waals surface area contributed by atoms with Crippen molar-refractivity contribution in [2.45, 2.75) is 59.9 Å². The fourth-order valence-electron chi connectivity index (χ4n) is 0.763. The zero-order chi connectivity index (χ0) is 10.4. The van der Waals surface area contributed by atoms with Gasteiger partial charge in [0.05, 0.1) is 0 Å². The highest BCUT2D eigenvalue weighted by Crippen LogP contribution is 2.04. The van der Waals surface area contributed by atoms with Crippen molar-refractivity contribution in [1.29, 1.82) is 0 Å². The Bertz CT molecular complexity index is 107. The van der Waals surface area contributed by atoms with Crippen molar-refractivity contribution in [1.82, 2.24) is 0 Å². The van der Waals surface area contributed by atoms with Gasteiger partial charge >= 0.3 is 9.53 Å². The summed E-state index contributed by atoms with van der Waals surface area (Å²) in [6.07, 6.45) is 0.525. The predicted octanol–water partition coefficient (Wildman–Crippen LogP) is 2.13. The molecule has 0 atom stereocenters. The van der Waals surface area contributed by atoms with Crippen LogP contribution in [0.2, 0.25) is 0 Å². The van der Waals surface area contributed by atoms with E-state index < -0.39 is 9.53 Å². The lowest BCUT2D eigenvalue weighted by molar-refractivity contribution is 0.0335. The van der Waals surface area contributed by atoms with Crippen molar-refractivity contribution in [3.05, 3.63) is 0 Å². The molecule has 0 N–H and O–H groups in total. The molecular weight excluding hydrogens is 203 g/mol. The van der Waals surface area contributed by atoms with Gasteiger partial charge in [0.25, 0.3) is 0 Å². The van der Waals surface area contributed by atoms with E-state index in [0.717, 1.165) is 0 Å². The summed E-state index contributed by atoms with van der Waals surface area (Å²) in [4.78, 5) is 0. The molecule has 0 aromatic carbocycles. The molecular formula is C9H23FO3Si. The summed E-state index contributed by atoms with van der Waals surface area (Å²) >= 11 is 0. The summed E-state index contributed by atoms with van der Waals surface area (Å²) in [5.41, 5.74) is 0. The maximum atomic E-state index is 5.57. The van der Waals surface area contributed by atoms with Crippen molar-refractivity contribution in [3.8, 4) is 0 Å². The third-order valence-corrected chi connectivity index (χ3v) is 3.45. The first-order valence-corrected chi connectivity index (χ1v) is 6.29. The van der Waals surface area contributed by atoms with Crippen molar-refractivity contribution >= 4 is 9.53 Å². The lowest BCUT2D eigenvalue weighted by Gasteiger charge is -2.22. The van der Waals surface area contributed by atoms with Crippen LogP contribution in [0, 0.1) is 0 Å². The third kappa shape index (κ3) is 10.1. The molecule has 0 aromatic heterocycles. The van der Waals surface area contributed by atoms with E-state index >= 15 is 0 Å². The molecule has 0 heterocycles. The zero-order valence-electron chi connectivity index (χ0n) is 9.94. The zero-order valence-corrected chi connectivity index (χ0v) is 11.1. The minimum atomic E-state index is -1.91. The maximum absolute atomic E-state index is 5.57. The Morgan fingerprint density at radius 2 is 0.857 bits per heavy atom. The molecule has 0 fully saturated rings. The lowest BCUT2D eigenvalue weighted by Crippen LogP contribution is -2.34. The molecule has 0 aliphatic heterocycles. The van der Waals surface area contributed by atoms with Crippen molar-refractivity contribution in [3.63, 3.8) is 0 Å². The lowest BCUT2D eigenvalue weighted by atomic mass is 10.5. The molecule has 0 spiro atoms. The second kappa shape index (κ2) is 8.34. The van der Waals surface area contributed by atoms with Crippen LogP contribution in [-0.2, 0) is 13.3 Å². The van der Waals surface area contributed by atoms with E-state index in [2.05, 4.69) is 0 Å². The molecule has 0 aromatic rings. The van der Waals surface area contributed by atoms with E-state index in [0.29, 0.717) is 0 Å². The van der Waals surface area contributed by atoms with E-state index in [1.165, 1.54) is 0 Å². The Morgan fingerprint density at radius 3 is 1.00 bits per heavy atom. The smallest absolute Gasteiger partial charge is 0.373 e. The summed E-state index contributed by atoms with van der Waals surface area (Å²) < 4.78 is 16.7. The Kier molecular flexibility index (Phi) is 9.81. The highest BCUT2D eigenvalue weighted by Gasteiger charge is 2.20. The summed E-state index contributed by atoms with van der Waals surface area (Å²) in [6.45, 7) is 12.0. The van der Waals surface area contributed by atoms with Crippen LogP contribution in [0.15, 0.2) is 0 Å². The summed E-state index contributed by atoms with van der Waals surface area (Å²) in [5, 5.41) is 0.